The maximum atomic E-state index is 12.4. The maximum absolute atomic E-state index is 12.4. The van der Waals surface area contributed by atoms with E-state index >= 15 is 0 Å². The molecule has 2 rings (SSSR count). The number of nitrogens with zero attached hydrogens (tertiary/aromatic N) is 1. The van der Waals surface area contributed by atoms with Gasteiger partial charge in [0.05, 0.1) is 4.91 Å². The Morgan fingerprint density at radius 2 is 1.84 bits per heavy atom. The second-order valence-corrected chi connectivity index (χ2v) is 7.83. The SMILES string of the molecule is CC(C)(C)N1C(=O)/C(=C/c2ccc(Br)cc2)SC1=S. The zero-order valence-corrected chi connectivity index (χ0v) is 14.2. The minimum absolute atomic E-state index is 0.00887. The topological polar surface area (TPSA) is 20.3 Å². The molecule has 0 aromatic heterocycles. The molecule has 100 valence electrons. The number of carbonyl (C=O) groups excluding carboxylic acids is 1. The molecule has 0 N–H and O–H groups in total. The van der Waals surface area contributed by atoms with E-state index in [4.69, 9.17) is 12.2 Å². The van der Waals surface area contributed by atoms with Gasteiger partial charge in [0, 0.05) is 10.0 Å². The van der Waals surface area contributed by atoms with Crippen LogP contribution in [-0.4, -0.2) is 20.7 Å². The van der Waals surface area contributed by atoms with E-state index in [-0.39, 0.29) is 11.4 Å². The zero-order chi connectivity index (χ0) is 14.2. The Kier molecular flexibility index (Phi) is 4.18. The standard InChI is InChI=1S/C14H14BrNOS2/c1-14(2,3)16-12(17)11(19-13(16)18)8-9-4-6-10(15)7-5-9/h4-8H,1-3H3/b11-8-. The van der Waals surface area contributed by atoms with Crippen LogP contribution in [0.5, 0.6) is 0 Å². The monoisotopic (exact) mass is 355 g/mol. The molecule has 1 amide bonds. The minimum atomic E-state index is -0.281. The number of hydrogen-bond donors (Lipinski definition) is 0. The minimum Gasteiger partial charge on any atom is -0.288 e. The highest BCUT2D eigenvalue weighted by Gasteiger charge is 2.38. The van der Waals surface area contributed by atoms with Crippen LogP contribution < -0.4 is 0 Å². The lowest BCUT2D eigenvalue weighted by atomic mass is 10.1. The van der Waals surface area contributed by atoms with E-state index in [1.54, 1.807) is 4.90 Å². The molecule has 1 aromatic rings. The number of amides is 1. The largest absolute Gasteiger partial charge is 0.288 e. The summed E-state index contributed by atoms with van der Waals surface area (Å²) in [5.74, 6) is -0.00887. The molecule has 0 atom stereocenters. The van der Waals surface area contributed by atoms with E-state index in [1.165, 1.54) is 11.8 Å². The van der Waals surface area contributed by atoms with Crippen LogP contribution in [0.15, 0.2) is 33.6 Å². The van der Waals surface area contributed by atoms with Gasteiger partial charge in [-0.2, -0.15) is 0 Å². The van der Waals surface area contributed by atoms with Crippen molar-refractivity contribution in [2.24, 2.45) is 0 Å². The number of thioether (sulfide) groups is 1. The van der Waals surface area contributed by atoms with Gasteiger partial charge in [-0.15, -0.1) is 0 Å². The third-order valence-electron chi connectivity index (χ3n) is 2.63. The lowest BCUT2D eigenvalue weighted by Gasteiger charge is -2.30. The van der Waals surface area contributed by atoms with Crippen LogP contribution in [0.25, 0.3) is 6.08 Å². The lowest BCUT2D eigenvalue weighted by molar-refractivity contribution is -0.125. The van der Waals surface area contributed by atoms with Crippen molar-refractivity contribution < 1.29 is 4.79 Å². The second-order valence-electron chi connectivity index (χ2n) is 5.24. The Balaban J connectivity index is 2.31. The number of benzene rings is 1. The van der Waals surface area contributed by atoms with Crippen molar-refractivity contribution >= 4 is 56.2 Å². The first-order valence-electron chi connectivity index (χ1n) is 5.83. The summed E-state index contributed by atoms with van der Waals surface area (Å²) >= 11 is 10.1. The molecule has 1 aromatic carbocycles. The predicted octanol–water partition coefficient (Wildman–Crippen LogP) is 4.45. The van der Waals surface area contributed by atoms with Crippen molar-refractivity contribution in [2.45, 2.75) is 26.3 Å². The summed E-state index contributed by atoms with van der Waals surface area (Å²) in [6.07, 6.45) is 1.89. The Morgan fingerprint density at radius 1 is 1.26 bits per heavy atom. The average molecular weight is 356 g/mol. The van der Waals surface area contributed by atoms with Gasteiger partial charge in [0.15, 0.2) is 0 Å². The fourth-order valence-electron chi connectivity index (χ4n) is 1.76. The Morgan fingerprint density at radius 3 is 2.32 bits per heavy atom. The van der Waals surface area contributed by atoms with Crippen LogP contribution in [0.4, 0.5) is 0 Å². The number of hydrogen-bond acceptors (Lipinski definition) is 3. The van der Waals surface area contributed by atoms with E-state index in [0.717, 1.165) is 10.0 Å². The van der Waals surface area contributed by atoms with E-state index in [1.807, 2.05) is 51.1 Å². The van der Waals surface area contributed by atoms with Crippen LogP contribution >= 0.6 is 39.9 Å². The van der Waals surface area contributed by atoms with Crippen molar-refractivity contribution in [3.63, 3.8) is 0 Å². The van der Waals surface area contributed by atoms with Gasteiger partial charge in [0.1, 0.15) is 4.32 Å². The first-order chi connectivity index (χ1) is 8.79. The highest BCUT2D eigenvalue weighted by molar-refractivity contribution is 9.10. The molecule has 0 aliphatic carbocycles. The van der Waals surface area contributed by atoms with Gasteiger partial charge >= 0.3 is 0 Å². The number of thiocarbonyl (C=S) groups is 1. The molecule has 0 unspecified atom stereocenters. The first-order valence-corrected chi connectivity index (χ1v) is 7.84. The number of carbonyl (C=O) groups is 1. The molecule has 1 aliphatic heterocycles. The number of rotatable bonds is 1. The molecule has 0 spiro atoms. The Labute approximate surface area is 131 Å². The molecule has 19 heavy (non-hydrogen) atoms. The van der Waals surface area contributed by atoms with Gasteiger partial charge in [-0.3, -0.25) is 9.69 Å². The first kappa shape index (κ1) is 14.8. The van der Waals surface area contributed by atoms with Crippen LogP contribution in [0.2, 0.25) is 0 Å². The summed E-state index contributed by atoms with van der Waals surface area (Å²) < 4.78 is 1.65. The van der Waals surface area contributed by atoms with Crippen LogP contribution in [0, 0.1) is 0 Å². The summed E-state index contributed by atoms with van der Waals surface area (Å²) in [4.78, 5) is 14.7. The van der Waals surface area contributed by atoms with Gasteiger partial charge in [-0.25, -0.2) is 0 Å². The third-order valence-corrected chi connectivity index (χ3v) is 4.46. The molecule has 2 nitrogen and oxygen atoms in total. The predicted molar refractivity (Wildman–Crippen MR) is 88.9 cm³/mol. The molecular formula is C14H14BrNOS2. The van der Waals surface area contributed by atoms with E-state index < -0.39 is 0 Å². The summed E-state index contributed by atoms with van der Waals surface area (Å²) in [5, 5.41) is 0. The van der Waals surface area contributed by atoms with E-state index in [9.17, 15) is 4.79 Å². The van der Waals surface area contributed by atoms with Gasteiger partial charge < -0.3 is 0 Å². The molecule has 5 heteroatoms. The van der Waals surface area contributed by atoms with Crippen LogP contribution in [0.3, 0.4) is 0 Å². The van der Waals surface area contributed by atoms with Crippen molar-refractivity contribution in [2.75, 3.05) is 0 Å². The summed E-state index contributed by atoms with van der Waals surface area (Å²) in [6, 6.07) is 7.84. The molecule has 0 bridgehead atoms. The van der Waals surface area contributed by atoms with Crippen LogP contribution in [0.1, 0.15) is 26.3 Å². The van der Waals surface area contributed by atoms with Gasteiger partial charge in [0.25, 0.3) is 5.91 Å². The van der Waals surface area contributed by atoms with Crippen molar-refractivity contribution in [3.8, 4) is 0 Å². The zero-order valence-electron chi connectivity index (χ0n) is 10.9. The van der Waals surface area contributed by atoms with E-state index in [0.29, 0.717) is 9.23 Å². The maximum Gasteiger partial charge on any atom is 0.266 e. The molecule has 1 heterocycles. The van der Waals surface area contributed by atoms with Crippen molar-refractivity contribution in [1.29, 1.82) is 0 Å². The highest BCUT2D eigenvalue weighted by Crippen LogP contribution is 2.36. The molecular weight excluding hydrogens is 342 g/mol. The fourth-order valence-corrected chi connectivity index (χ4v) is 3.66. The summed E-state index contributed by atoms with van der Waals surface area (Å²) in [5.41, 5.74) is 0.717. The fraction of sp³-hybridized carbons (Fsp3) is 0.286. The highest BCUT2D eigenvalue weighted by atomic mass is 79.9. The van der Waals surface area contributed by atoms with Crippen LogP contribution in [-0.2, 0) is 4.79 Å². The van der Waals surface area contributed by atoms with Gasteiger partial charge in [0.2, 0.25) is 0 Å². The molecule has 0 radical (unpaired) electrons. The molecule has 1 saturated heterocycles. The van der Waals surface area contributed by atoms with E-state index in [2.05, 4.69) is 15.9 Å². The lowest BCUT2D eigenvalue weighted by Crippen LogP contribution is -2.44. The van der Waals surface area contributed by atoms with Crippen molar-refractivity contribution in [1.82, 2.24) is 4.90 Å². The quantitative estimate of drug-likeness (QED) is 0.548. The average Bonchev–Trinajstić information content (AvgIpc) is 2.56. The Hall–Kier alpha value is -0.650. The molecule has 0 saturated carbocycles. The van der Waals surface area contributed by atoms with Gasteiger partial charge in [-0.05, 0) is 44.5 Å². The van der Waals surface area contributed by atoms with Gasteiger partial charge in [-0.1, -0.05) is 52.0 Å². The summed E-state index contributed by atoms with van der Waals surface area (Å²) in [7, 11) is 0. The molecule has 1 aliphatic rings. The number of halogens is 1. The third kappa shape index (κ3) is 3.27. The Bertz CT molecular complexity index is 558. The van der Waals surface area contributed by atoms with Crippen molar-refractivity contribution in [3.05, 3.63) is 39.2 Å². The summed E-state index contributed by atoms with van der Waals surface area (Å²) in [6.45, 7) is 5.96. The molecule has 1 fully saturated rings. The second kappa shape index (κ2) is 5.38. The normalized spacial score (nSPS) is 18.5. The smallest absolute Gasteiger partial charge is 0.266 e.